The Bertz CT molecular complexity index is 1370. The summed E-state index contributed by atoms with van der Waals surface area (Å²) >= 11 is 2.22. The highest BCUT2D eigenvalue weighted by Gasteiger charge is 2.40. The van der Waals surface area contributed by atoms with Gasteiger partial charge in [0, 0.05) is 41.9 Å². The number of benzene rings is 1. The summed E-state index contributed by atoms with van der Waals surface area (Å²) in [5.41, 5.74) is 3.70. The zero-order chi connectivity index (χ0) is 40.5. The van der Waals surface area contributed by atoms with Crippen LogP contribution in [0.15, 0.2) is 75.9 Å². The number of rotatable bonds is 23. The average Bonchev–Trinajstić information content (AvgIpc) is 3.04. The predicted octanol–water partition coefficient (Wildman–Crippen LogP) is 13.0. The minimum Gasteiger partial charge on any atom is -0.462 e. The molecular formula is C44H73IO6Si2. The van der Waals surface area contributed by atoms with Crippen LogP contribution < -0.4 is 0 Å². The van der Waals surface area contributed by atoms with E-state index in [2.05, 4.69) is 147 Å². The minimum atomic E-state index is -2.19. The lowest BCUT2D eigenvalue weighted by Crippen LogP contribution is -2.45. The lowest BCUT2D eigenvalue weighted by Gasteiger charge is -2.40. The third-order valence-corrected chi connectivity index (χ3v) is 20.6. The molecule has 0 bridgehead atoms. The lowest BCUT2D eigenvalue weighted by atomic mass is 9.97. The number of halogens is 1. The van der Waals surface area contributed by atoms with Crippen molar-refractivity contribution in [3.63, 3.8) is 0 Å². The molecule has 0 aliphatic heterocycles. The van der Waals surface area contributed by atoms with E-state index in [-0.39, 0.29) is 28.6 Å². The van der Waals surface area contributed by atoms with Crippen molar-refractivity contribution in [2.75, 3.05) is 6.61 Å². The Morgan fingerprint density at radius 3 is 2.00 bits per heavy atom. The number of carbonyl (C=O) groups is 2. The maximum atomic E-state index is 13.6. The molecular weight excluding hydrogens is 808 g/mol. The van der Waals surface area contributed by atoms with Crippen LogP contribution in [0.25, 0.3) is 0 Å². The van der Waals surface area contributed by atoms with E-state index < -0.39 is 34.8 Å². The summed E-state index contributed by atoms with van der Waals surface area (Å²) in [7, 11) is -4.09. The van der Waals surface area contributed by atoms with Gasteiger partial charge < -0.3 is 18.3 Å². The van der Waals surface area contributed by atoms with E-state index >= 15 is 0 Å². The van der Waals surface area contributed by atoms with Crippen LogP contribution in [0, 0.1) is 0 Å². The third kappa shape index (κ3) is 20.1. The van der Waals surface area contributed by atoms with Gasteiger partial charge in [0.05, 0.1) is 6.10 Å². The second-order valence-electron chi connectivity index (χ2n) is 17.5. The van der Waals surface area contributed by atoms with Gasteiger partial charge in [-0.25, -0.2) is 4.79 Å². The molecule has 0 aromatic heterocycles. The average molecular weight is 881 g/mol. The van der Waals surface area contributed by atoms with Gasteiger partial charge in [0.25, 0.3) is 0 Å². The van der Waals surface area contributed by atoms with Gasteiger partial charge >= 0.3 is 11.9 Å². The van der Waals surface area contributed by atoms with E-state index in [1.54, 1.807) is 6.08 Å². The number of carbonyl (C=O) groups excluding carboxylic acids is 2. The maximum Gasteiger partial charge on any atom is 0.331 e. The molecule has 0 saturated carbocycles. The highest BCUT2D eigenvalue weighted by atomic mass is 127. The second kappa shape index (κ2) is 23.3. The zero-order valence-electron chi connectivity index (χ0n) is 35.5. The van der Waals surface area contributed by atoms with E-state index in [9.17, 15) is 9.59 Å². The van der Waals surface area contributed by atoms with Gasteiger partial charge in [0.2, 0.25) is 0 Å². The molecule has 9 heteroatoms. The van der Waals surface area contributed by atoms with Crippen molar-refractivity contribution in [2.45, 2.75) is 175 Å². The number of ether oxygens (including phenoxy) is 2. The molecule has 0 aliphatic carbocycles. The zero-order valence-corrected chi connectivity index (χ0v) is 39.7. The summed E-state index contributed by atoms with van der Waals surface area (Å²) in [5.74, 6) is -0.643. The first kappa shape index (κ1) is 49.2. The maximum absolute atomic E-state index is 13.6. The van der Waals surface area contributed by atoms with Crippen molar-refractivity contribution in [1.29, 1.82) is 0 Å². The highest BCUT2D eigenvalue weighted by Crippen LogP contribution is 2.39. The van der Waals surface area contributed by atoms with Gasteiger partial charge in [-0.15, -0.1) is 6.58 Å². The van der Waals surface area contributed by atoms with Crippen LogP contribution in [-0.4, -0.2) is 53.5 Å². The van der Waals surface area contributed by atoms with E-state index in [4.69, 9.17) is 18.3 Å². The first-order chi connectivity index (χ1) is 24.5. The lowest BCUT2D eigenvalue weighted by molar-refractivity contribution is -0.154. The Morgan fingerprint density at radius 1 is 0.830 bits per heavy atom. The van der Waals surface area contributed by atoms with Crippen molar-refractivity contribution in [3.8, 4) is 0 Å². The molecule has 0 aliphatic rings. The molecule has 300 valence electrons. The molecule has 0 radical (unpaired) electrons. The summed E-state index contributed by atoms with van der Waals surface area (Å²) in [5, 5.41) is 0.120. The molecule has 0 unspecified atom stereocenters. The van der Waals surface area contributed by atoms with E-state index in [0.29, 0.717) is 38.7 Å². The Morgan fingerprint density at radius 2 is 1.43 bits per heavy atom. The Hall–Kier alpha value is -1.80. The van der Waals surface area contributed by atoms with Crippen LogP contribution in [0.2, 0.25) is 36.3 Å². The minimum absolute atomic E-state index is 0.00426. The van der Waals surface area contributed by atoms with Crippen LogP contribution in [0.1, 0.15) is 119 Å². The molecule has 0 heterocycles. The molecule has 0 amide bonds. The fourth-order valence-electron chi connectivity index (χ4n) is 5.18. The first-order valence-electron chi connectivity index (χ1n) is 19.5. The normalized spacial score (nSPS) is 15.5. The molecule has 1 aromatic carbocycles. The molecule has 0 N–H and O–H groups in total. The predicted molar refractivity (Wildman–Crippen MR) is 238 cm³/mol. The van der Waals surface area contributed by atoms with Gasteiger partial charge in [-0.2, -0.15) is 0 Å². The summed E-state index contributed by atoms with van der Waals surface area (Å²) in [6.45, 7) is 32.9. The molecule has 0 saturated heterocycles. The van der Waals surface area contributed by atoms with E-state index in [1.165, 1.54) is 16.7 Å². The number of esters is 2. The van der Waals surface area contributed by atoms with E-state index in [1.807, 2.05) is 19.1 Å². The smallest absolute Gasteiger partial charge is 0.331 e. The summed E-state index contributed by atoms with van der Waals surface area (Å²) < 4.78 is 26.7. The molecule has 1 aromatic rings. The molecule has 1 rings (SSSR count). The fourth-order valence-corrected chi connectivity index (χ4v) is 8.07. The molecule has 3 atom stereocenters. The Labute approximate surface area is 340 Å². The van der Waals surface area contributed by atoms with Crippen molar-refractivity contribution < 1.29 is 27.9 Å². The third-order valence-electron chi connectivity index (χ3n) is 10.6. The standard InChI is InChI=1S/C44H73IO6Si2/c1-15-17-21-35(4)30-40(51-53(13,14)44(8,9)10)33-39(50-42(47)31-37(45)28-29-48-52(11,12)43(5,6)7)32-38(49-41(46)16-2)27-25-34(3)24-26-36-22-19-18-20-23-36/h15,18-24,31,38-40H,1,16-17,25-30,32-33H2,2-14H3/b34-24+,35-21+,37-31-/t38-,39+,40-/m1/s1. The van der Waals surface area contributed by atoms with Gasteiger partial charge in [-0.05, 0) is 110 Å². The van der Waals surface area contributed by atoms with Crippen molar-refractivity contribution >= 4 is 51.2 Å². The van der Waals surface area contributed by atoms with Crippen LogP contribution in [0.5, 0.6) is 0 Å². The monoisotopic (exact) mass is 880 g/mol. The fraction of sp³-hybridized carbons (Fsp3) is 0.636. The first-order valence-corrected chi connectivity index (χ1v) is 26.4. The van der Waals surface area contributed by atoms with Crippen LogP contribution >= 0.6 is 22.6 Å². The Balaban J connectivity index is 3.40. The van der Waals surface area contributed by atoms with Crippen LogP contribution in [0.4, 0.5) is 0 Å². The summed E-state index contributed by atoms with van der Waals surface area (Å²) in [4.78, 5) is 26.3. The Kier molecular flexibility index (Phi) is 21.7. The van der Waals surface area contributed by atoms with Crippen LogP contribution in [-0.2, 0) is 34.3 Å². The second-order valence-corrected chi connectivity index (χ2v) is 28.5. The largest absolute Gasteiger partial charge is 0.462 e. The SMILES string of the molecule is C=CC/C=C(\C)C[C@H](C[C@H](C[C@@H](CC/C(C)=C/Cc1ccccc1)OC(=O)CC)OC(=O)/C=C(\I)CCO[Si](C)(C)C(C)(C)C)O[Si](C)(C)C(C)(C)C. The van der Waals surface area contributed by atoms with Crippen molar-refractivity contribution in [2.24, 2.45) is 0 Å². The molecule has 53 heavy (non-hydrogen) atoms. The van der Waals surface area contributed by atoms with Gasteiger partial charge in [0.15, 0.2) is 16.6 Å². The summed E-state index contributed by atoms with van der Waals surface area (Å²) in [6.07, 6.45) is 12.4. The van der Waals surface area contributed by atoms with Crippen molar-refractivity contribution in [1.82, 2.24) is 0 Å². The van der Waals surface area contributed by atoms with Gasteiger partial charge in [-0.1, -0.05) is 108 Å². The topological polar surface area (TPSA) is 71.1 Å². The quantitative estimate of drug-likeness (QED) is 0.0358. The number of allylic oxidation sites excluding steroid dienone is 4. The van der Waals surface area contributed by atoms with Crippen LogP contribution in [0.3, 0.4) is 0 Å². The molecule has 0 fully saturated rings. The summed E-state index contributed by atoms with van der Waals surface area (Å²) in [6, 6.07) is 10.4. The molecule has 6 nitrogen and oxygen atoms in total. The van der Waals surface area contributed by atoms with E-state index in [0.717, 1.165) is 22.8 Å². The van der Waals surface area contributed by atoms with Gasteiger partial charge in [-0.3, -0.25) is 4.79 Å². The highest BCUT2D eigenvalue weighted by molar-refractivity contribution is 14.1. The number of hydrogen-bond donors (Lipinski definition) is 0. The number of hydrogen-bond acceptors (Lipinski definition) is 6. The van der Waals surface area contributed by atoms with Gasteiger partial charge in [0.1, 0.15) is 12.2 Å². The molecule has 0 spiro atoms. The van der Waals surface area contributed by atoms with Crippen molar-refractivity contribution in [3.05, 3.63) is 81.5 Å².